The van der Waals surface area contributed by atoms with E-state index in [0.717, 1.165) is 35.2 Å². The summed E-state index contributed by atoms with van der Waals surface area (Å²) in [6.45, 7) is 3.75. The highest BCUT2D eigenvalue weighted by Gasteiger charge is 2.51. The molecule has 4 aliphatic carbocycles. The van der Waals surface area contributed by atoms with E-state index >= 15 is 0 Å². The van der Waals surface area contributed by atoms with E-state index in [1.54, 1.807) is 29.2 Å². The van der Waals surface area contributed by atoms with Crippen molar-refractivity contribution >= 4 is 22.6 Å². The first kappa shape index (κ1) is 28.2. The summed E-state index contributed by atoms with van der Waals surface area (Å²) in [5.41, 5.74) is 1.46. The molecular formula is C34H40FN5O3. The Morgan fingerprint density at radius 1 is 0.953 bits per heavy atom. The third-order valence-electron chi connectivity index (χ3n) is 10.5. The van der Waals surface area contributed by atoms with Gasteiger partial charge in [0.1, 0.15) is 5.82 Å². The van der Waals surface area contributed by atoms with Crippen LogP contribution >= 0.6 is 0 Å². The lowest BCUT2D eigenvalue weighted by Crippen LogP contribution is -2.51. The molecule has 3 aromatic rings. The molecule has 226 valence electrons. The molecule has 0 radical (unpaired) electrons. The van der Waals surface area contributed by atoms with Crippen molar-refractivity contribution in [3.05, 3.63) is 75.5 Å². The molecule has 5 aliphatic rings. The molecule has 2 aromatic carbocycles. The number of benzene rings is 2. The number of aromatic amines is 1. The summed E-state index contributed by atoms with van der Waals surface area (Å²) >= 11 is 0. The van der Waals surface area contributed by atoms with E-state index in [9.17, 15) is 18.8 Å². The largest absolute Gasteiger partial charge is 0.355 e. The predicted molar refractivity (Wildman–Crippen MR) is 162 cm³/mol. The Balaban J connectivity index is 0.906. The number of fused-ring (bicyclic) bond motifs is 1. The predicted octanol–water partition coefficient (Wildman–Crippen LogP) is 4.13. The molecule has 2 N–H and O–H groups in total. The number of nitrogens with one attached hydrogen (secondary N) is 2. The van der Waals surface area contributed by atoms with Crippen LogP contribution < -0.4 is 10.9 Å². The quantitative estimate of drug-likeness (QED) is 0.414. The van der Waals surface area contributed by atoms with Crippen molar-refractivity contribution < 1.29 is 14.0 Å². The average molecular weight is 586 g/mol. The second-order valence-corrected chi connectivity index (χ2v) is 13.6. The number of amides is 2. The summed E-state index contributed by atoms with van der Waals surface area (Å²) in [7, 11) is 0. The number of rotatable bonds is 8. The van der Waals surface area contributed by atoms with Gasteiger partial charge in [0, 0.05) is 57.5 Å². The minimum atomic E-state index is -0.544. The van der Waals surface area contributed by atoms with Gasteiger partial charge in [-0.25, -0.2) is 9.49 Å². The Hall–Kier alpha value is -3.59. The van der Waals surface area contributed by atoms with Crippen molar-refractivity contribution in [1.82, 2.24) is 25.3 Å². The molecule has 2 heterocycles. The minimum absolute atomic E-state index is 0.0524. The first-order valence-corrected chi connectivity index (χ1v) is 15.9. The molecule has 8 nitrogen and oxygen atoms in total. The fourth-order valence-corrected chi connectivity index (χ4v) is 8.95. The first-order valence-electron chi connectivity index (χ1n) is 15.9. The van der Waals surface area contributed by atoms with Gasteiger partial charge in [-0.1, -0.05) is 24.3 Å². The number of H-pyrrole nitrogens is 1. The second kappa shape index (κ2) is 11.5. The lowest BCUT2D eigenvalue weighted by atomic mass is 9.49. The molecule has 0 spiro atoms. The van der Waals surface area contributed by atoms with Crippen LogP contribution in [0.5, 0.6) is 0 Å². The molecule has 0 unspecified atom stereocenters. The molecule has 4 bridgehead atoms. The van der Waals surface area contributed by atoms with Gasteiger partial charge < -0.3 is 10.2 Å². The zero-order valence-electron chi connectivity index (χ0n) is 24.6. The van der Waals surface area contributed by atoms with Gasteiger partial charge in [-0.05, 0) is 85.5 Å². The molecule has 2 amide bonds. The molecule has 1 aliphatic heterocycles. The van der Waals surface area contributed by atoms with E-state index in [1.807, 2.05) is 12.1 Å². The van der Waals surface area contributed by atoms with Crippen LogP contribution in [0.3, 0.4) is 0 Å². The highest BCUT2D eigenvalue weighted by atomic mass is 19.1. The molecule has 0 atom stereocenters. The number of hydrogen-bond acceptors (Lipinski definition) is 5. The van der Waals surface area contributed by atoms with Crippen LogP contribution in [-0.2, 0) is 11.2 Å². The lowest BCUT2D eigenvalue weighted by Gasteiger charge is -2.56. The highest BCUT2D eigenvalue weighted by molar-refractivity contribution is 5.95. The number of carbonyl (C=O) groups is 2. The number of hydrogen-bond donors (Lipinski definition) is 2. The normalized spacial score (nSPS) is 26.6. The third-order valence-corrected chi connectivity index (χ3v) is 10.5. The Morgan fingerprint density at radius 2 is 1.63 bits per heavy atom. The van der Waals surface area contributed by atoms with Crippen molar-refractivity contribution in [2.75, 3.05) is 39.3 Å². The monoisotopic (exact) mass is 585 g/mol. The number of piperazine rings is 1. The maximum atomic E-state index is 14.8. The smallest absolute Gasteiger partial charge is 0.272 e. The van der Waals surface area contributed by atoms with Crippen molar-refractivity contribution in [1.29, 1.82) is 0 Å². The number of halogens is 1. The summed E-state index contributed by atoms with van der Waals surface area (Å²) in [6.07, 6.45) is 8.93. The van der Waals surface area contributed by atoms with Crippen LogP contribution in [0.25, 0.3) is 10.8 Å². The summed E-state index contributed by atoms with van der Waals surface area (Å²) in [5, 5.41) is 11.2. The Morgan fingerprint density at radius 3 is 2.33 bits per heavy atom. The van der Waals surface area contributed by atoms with Crippen LogP contribution in [0, 0.1) is 29.0 Å². The van der Waals surface area contributed by atoms with Crippen LogP contribution in [0.15, 0.2) is 47.3 Å². The van der Waals surface area contributed by atoms with Gasteiger partial charge in [-0.2, -0.15) is 5.10 Å². The van der Waals surface area contributed by atoms with Gasteiger partial charge in [0.05, 0.1) is 16.6 Å². The molecule has 1 saturated heterocycles. The Bertz CT molecular complexity index is 1560. The molecule has 8 rings (SSSR count). The van der Waals surface area contributed by atoms with Gasteiger partial charge in [-0.3, -0.25) is 19.3 Å². The first-order chi connectivity index (χ1) is 20.8. The second-order valence-electron chi connectivity index (χ2n) is 13.6. The third kappa shape index (κ3) is 5.84. The zero-order chi connectivity index (χ0) is 29.6. The number of aromatic nitrogens is 2. The van der Waals surface area contributed by atoms with Crippen LogP contribution in [0.4, 0.5) is 4.39 Å². The Kier molecular flexibility index (Phi) is 7.53. The molecular weight excluding hydrogens is 545 g/mol. The number of nitrogens with zero attached hydrogens (tertiary/aromatic N) is 3. The molecule has 4 saturated carbocycles. The zero-order valence-corrected chi connectivity index (χ0v) is 24.6. The standard InChI is InChI=1S/C34H40FN5O3/c35-29-6-5-22(17-30-26-3-1-2-4-27(26)32(42)38-37-30)16-28(29)33(43)40-11-9-39(10-12-40)8-7-36-31(41)21-34-18-23-13-24(19-34)15-25(14-23)20-34/h1-6,16,23-25H,7-15,17-21H2,(H,36,41)(H,38,42). The summed E-state index contributed by atoms with van der Waals surface area (Å²) in [6, 6.07) is 11.8. The lowest BCUT2D eigenvalue weighted by molar-refractivity contribution is -0.129. The summed E-state index contributed by atoms with van der Waals surface area (Å²) in [4.78, 5) is 42.3. The van der Waals surface area contributed by atoms with E-state index < -0.39 is 5.82 Å². The molecule has 9 heteroatoms. The van der Waals surface area contributed by atoms with E-state index in [2.05, 4.69) is 20.4 Å². The highest BCUT2D eigenvalue weighted by Crippen LogP contribution is 2.61. The van der Waals surface area contributed by atoms with E-state index in [0.29, 0.717) is 56.6 Å². The molecule has 43 heavy (non-hydrogen) atoms. The average Bonchev–Trinajstić information content (AvgIpc) is 2.99. The van der Waals surface area contributed by atoms with Gasteiger partial charge >= 0.3 is 0 Å². The van der Waals surface area contributed by atoms with E-state index in [-0.39, 0.29) is 28.4 Å². The topological polar surface area (TPSA) is 98.4 Å². The van der Waals surface area contributed by atoms with Crippen molar-refractivity contribution in [2.24, 2.45) is 23.2 Å². The maximum Gasteiger partial charge on any atom is 0.272 e. The van der Waals surface area contributed by atoms with Crippen LogP contribution in [-0.4, -0.2) is 71.1 Å². The summed E-state index contributed by atoms with van der Waals surface area (Å²) < 4.78 is 14.8. The van der Waals surface area contributed by atoms with Gasteiger partial charge in [0.15, 0.2) is 0 Å². The van der Waals surface area contributed by atoms with Crippen molar-refractivity contribution in [2.45, 2.75) is 51.4 Å². The fourth-order valence-electron chi connectivity index (χ4n) is 8.95. The van der Waals surface area contributed by atoms with Crippen molar-refractivity contribution in [3.8, 4) is 0 Å². The van der Waals surface area contributed by atoms with Gasteiger partial charge in [-0.15, -0.1) is 0 Å². The van der Waals surface area contributed by atoms with Crippen LogP contribution in [0.2, 0.25) is 0 Å². The van der Waals surface area contributed by atoms with E-state index in [1.165, 1.54) is 44.6 Å². The van der Waals surface area contributed by atoms with Crippen LogP contribution in [0.1, 0.15) is 66.6 Å². The molecule has 5 fully saturated rings. The van der Waals surface area contributed by atoms with Gasteiger partial charge in [0.25, 0.3) is 11.5 Å². The summed E-state index contributed by atoms with van der Waals surface area (Å²) in [5.74, 6) is 1.88. The van der Waals surface area contributed by atoms with Gasteiger partial charge in [0.2, 0.25) is 5.91 Å². The fraction of sp³-hybridized carbons (Fsp3) is 0.529. The molecule has 1 aromatic heterocycles. The minimum Gasteiger partial charge on any atom is -0.355 e. The van der Waals surface area contributed by atoms with E-state index in [4.69, 9.17) is 0 Å². The van der Waals surface area contributed by atoms with Crippen molar-refractivity contribution in [3.63, 3.8) is 0 Å². The number of carbonyl (C=O) groups excluding carboxylic acids is 2. The maximum absolute atomic E-state index is 14.8. The SMILES string of the molecule is O=C(CC12CC3CC(CC(C3)C1)C2)NCCN1CCN(C(=O)c2cc(Cc3n[nH]c(=O)c4ccccc34)ccc2F)CC1. The Labute approximate surface area is 251 Å².